The van der Waals surface area contributed by atoms with Gasteiger partial charge in [0.15, 0.2) is 0 Å². The van der Waals surface area contributed by atoms with E-state index in [1.807, 2.05) is 65.1 Å². The van der Waals surface area contributed by atoms with Gasteiger partial charge in [0.2, 0.25) is 0 Å². The second kappa shape index (κ2) is 28.0. The largest absolute Gasteiger partial charge is 0.508 e. The summed E-state index contributed by atoms with van der Waals surface area (Å²) in [6.45, 7) is 21.1. The summed E-state index contributed by atoms with van der Waals surface area (Å²) in [7, 11) is 0. The lowest BCUT2D eigenvalue weighted by atomic mass is 10.1. The van der Waals surface area contributed by atoms with E-state index < -0.39 is 12.3 Å². The first-order valence-electron chi connectivity index (χ1n) is 19.3. The number of ether oxygens (including phenoxy) is 4. The van der Waals surface area contributed by atoms with Gasteiger partial charge in [-0.3, -0.25) is 0 Å². The quantitative estimate of drug-likeness (QED) is 0.0421. The molecule has 50 heavy (non-hydrogen) atoms. The molecule has 10 nitrogen and oxygen atoms in total. The molecular weight excluding hydrogens is 673 g/mol. The standard InChI is InChI=1S/C38H74N4O6S2/c1-11-13-15-17-19-21-31-49-37(9,41-39-35(3,4)5)25-23-27-45-33(43)47-29-30-48-34(44)46-28-24-26-38(10,42-40-36(6,7)8)50-32-22-20-18-16-14-12-2/h11-32H2,1-10H3. The topological polar surface area (TPSA) is 120 Å². The van der Waals surface area contributed by atoms with Gasteiger partial charge in [-0.05, 0) is 105 Å². The average Bonchev–Trinajstić information content (AvgIpc) is 3.04. The highest BCUT2D eigenvalue weighted by Crippen LogP contribution is 2.35. The van der Waals surface area contributed by atoms with Gasteiger partial charge in [-0.1, -0.05) is 78.1 Å². The van der Waals surface area contributed by atoms with Gasteiger partial charge in [-0.2, -0.15) is 20.5 Å². The summed E-state index contributed by atoms with van der Waals surface area (Å²) < 4.78 is 20.6. The van der Waals surface area contributed by atoms with Crippen molar-refractivity contribution in [2.75, 3.05) is 37.9 Å². The van der Waals surface area contributed by atoms with Crippen molar-refractivity contribution < 1.29 is 28.5 Å². The molecule has 0 heterocycles. The summed E-state index contributed by atoms with van der Waals surface area (Å²) in [4.78, 5) is 23.4. The molecule has 2 atom stereocenters. The lowest BCUT2D eigenvalue weighted by Gasteiger charge is -2.25. The van der Waals surface area contributed by atoms with E-state index in [1.54, 1.807) is 0 Å². The minimum atomic E-state index is -0.790. The summed E-state index contributed by atoms with van der Waals surface area (Å²) in [6.07, 6.45) is 16.2. The van der Waals surface area contributed by atoms with Crippen molar-refractivity contribution >= 4 is 35.8 Å². The van der Waals surface area contributed by atoms with Gasteiger partial charge in [-0.25, -0.2) is 9.59 Å². The van der Waals surface area contributed by atoms with E-state index >= 15 is 0 Å². The Labute approximate surface area is 314 Å². The Kier molecular flexibility index (Phi) is 27.1. The van der Waals surface area contributed by atoms with Crippen LogP contribution in [0.3, 0.4) is 0 Å². The Balaban J connectivity index is 4.39. The fraction of sp³-hybridized carbons (Fsp3) is 0.947. The molecule has 294 valence electrons. The summed E-state index contributed by atoms with van der Waals surface area (Å²) in [5.41, 5.74) is -0.495. The third kappa shape index (κ3) is 31.2. The second-order valence-corrected chi connectivity index (χ2v) is 18.6. The van der Waals surface area contributed by atoms with Crippen LogP contribution in [-0.4, -0.2) is 71.1 Å². The van der Waals surface area contributed by atoms with Gasteiger partial charge in [0.25, 0.3) is 0 Å². The van der Waals surface area contributed by atoms with Gasteiger partial charge in [0.1, 0.15) is 23.0 Å². The van der Waals surface area contributed by atoms with Gasteiger partial charge < -0.3 is 18.9 Å². The van der Waals surface area contributed by atoms with E-state index in [4.69, 9.17) is 29.2 Å². The van der Waals surface area contributed by atoms with Crippen LogP contribution in [0, 0.1) is 0 Å². The molecule has 0 fully saturated rings. The van der Waals surface area contributed by atoms with Crippen molar-refractivity contribution in [3.63, 3.8) is 0 Å². The van der Waals surface area contributed by atoms with E-state index in [2.05, 4.69) is 37.9 Å². The molecule has 0 aromatic rings. The number of hydrogen-bond acceptors (Lipinski definition) is 12. The first kappa shape index (κ1) is 48.4. The molecule has 0 amide bonds. The van der Waals surface area contributed by atoms with Crippen molar-refractivity contribution in [1.29, 1.82) is 0 Å². The van der Waals surface area contributed by atoms with Crippen molar-refractivity contribution in [1.82, 2.24) is 0 Å². The minimum absolute atomic E-state index is 0.111. The fourth-order valence-corrected chi connectivity index (χ4v) is 6.96. The predicted molar refractivity (Wildman–Crippen MR) is 211 cm³/mol. The smallest absolute Gasteiger partial charge is 0.434 e. The van der Waals surface area contributed by atoms with Crippen LogP contribution in [0.15, 0.2) is 20.5 Å². The van der Waals surface area contributed by atoms with E-state index in [9.17, 15) is 9.59 Å². The van der Waals surface area contributed by atoms with Crippen LogP contribution in [0.5, 0.6) is 0 Å². The van der Waals surface area contributed by atoms with E-state index in [0.717, 1.165) is 37.2 Å². The zero-order chi connectivity index (χ0) is 37.8. The van der Waals surface area contributed by atoms with Crippen molar-refractivity contribution in [2.24, 2.45) is 20.5 Å². The normalized spacial score (nSPS) is 14.8. The number of nitrogens with zero attached hydrogens (tertiary/aromatic N) is 4. The lowest BCUT2D eigenvalue weighted by molar-refractivity contribution is 0.0173. The number of azo groups is 2. The van der Waals surface area contributed by atoms with E-state index in [1.165, 1.54) is 64.2 Å². The highest BCUT2D eigenvalue weighted by molar-refractivity contribution is 8.00. The molecule has 0 saturated heterocycles. The van der Waals surface area contributed by atoms with Crippen LogP contribution in [0.4, 0.5) is 9.59 Å². The third-order valence-electron chi connectivity index (χ3n) is 7.48. The van der Waals surface area contributed by atoms with Gasteiger partial charge >= 0.3 is 12.3 Å². The zero-order valence-corrected chi connectivity index (χ0v) is 35.2. The van der Waals surface area contributed by atoms with Crippen LogP contribution in [0.25, 0.3) is 0 Å². The predicted octanol–water partition coefficient (Wildman–Crippen LogP) is 13.0. The van der Waals surface area contributed by atoms with Gasteiger partial charge in [0, 0.05) is 0 Å². The van der Waals surface area contributed by atoms with Gasteiger partial charge in [-0.15, -0.1) is 23.5 Å². The summed E-state index contributed by atoms with van der Waals surface area (Å²) in [5.74, 6) is 2.05. The Bertz CT molecular complexity index is 867. The number of hydrogen-bond donors (Lipinski definition) is 0. The highest BCUT2D eigenvalue weighted by atomic mass is 32.2. The lowest BCUT2D eigenvalue weighted by Crippen LogP contribution is -2.21. The number of carbonyl (C=O) groups is 2. The van der Waals surface area contributed by atoms with Crippen LogP contribution in [0.2, 0.25) is 0 Å². The summed E-state index contributed by atoms with van der Waals surface area (Å²) in [5, 5.41) is 18.4. The number of unbranched alkanes of at least 4 members (excludes halogenated alkanes) is 10. The monoisotopic (exact) mass is 747 g/mol. The maximum absolute atomic E-state index is 12.1. The number of rotatable bonds is 29. The number of carbonyl (C=O) groups excluding carboxylic acids is 2. The Hall–Kier alpha value is -1.56. The fourth-order valence-electron chi connectivity index (χ4n) is 4.61. The highest BCUT2D eigenvalue weighted by Gasteiger charge is 2.26. The molecule has 0 aromatic heterocycles. The molecule has 0 aromatic carbocycles. The molecule has 0 aliphatic carbocycles. The summed E-state index contributed by atoms with van der Waals surface area (Å²) >= 11 is 3.64. The molecule has 0 spiro atoms. The van der Waals surface area contributed by atoms with Crippen molar-refractivity contribution in [2.45, 2.75) is 193 Å². The SMILES string of the molecule is CCCCCCCCSC(C)(CCCOC(=O)OCCOC(=O)OCCCC(C)(N=NC(C)(C)C)SCCCCCCCC)N=NC(C)(C)C. The molecule has 0 bridgehead atoms. The molecule has 12 heteroatoms. The maximum atomic E-state index is 12.1. The van der Waals surface area contributed by atoms with E-state index in [-0.39, 0.29) is 47.2 Å². The Morgan fingerprint density at radius 3 is 1.10 bits per heavy atom. The second-order valence-electron chi connectivity index (χ2n) is 15.4. The van der Waals surface area contributed by atoms with Gasteiger partial charge in [0.05, 0.1) is 24.3 Å². The van der Waals surface area contributed by atoms with Crippen LogP contribution in [-0.2, 0) is 18.9 Å². The first-order chi connectivity index (χ1) is 23.5. The summed E-state index contributed by atoms with van der Waals surface area (Å²) in [6, 6.07) is 0. The first-order valence-corrected chi connectivity index (χ1v) is 21.3. The van der Waals surface area contributed by atoms with Crippen LogP contribution < -0.4 is 0 Å². The molecule has 0 rings (SSSR count). The molecule has 2 unspecified atom stereocenters. The average molecular weight is 747 g/mol. The van der Waals surface area contributed by atoms with Crippen LogP contribution >= 0.6 is 23.5 Å². The maximum Gasteiger partial charge on any atom is 0.508 e. The number of thioether (sulfide) groups is 2. The van der Waals surface area contributed by atoms with E-state index in [0.29, 0.717) is 12.8 Å². The Morgan fingerprint density at radius 1 is 0.440 bits per heavy atom. The zero-order valence-electron chi connectivity index (χ0n) is 33.6. The molecule has 0 saturated carbocycles. The molecule has 0 N–H and O–H groups in total. The van der Waals surface area contributed by atoms with Crippen molar-refractivity contribution in [3.05, 3.63) is 0 Å². The minimum Gasteiger partial charge on any atom is -0.434 e. The molecule has 0 aliphatic rings. The van der Waals surface area contributed by atoms with Crippen LogP contribution in [0.1, 0.15) is 172 Å². The van der Waals surface area contributed by atoms with Crippen molar-refractivity contribution in [3.8, 4) is 0 Å². The third-order valence-corrected chi connectivity index (χ3v) is 10.3. The Morgan fingerprint density at radius 2 is 0.760 bits per heavy atom. The molecule has 0 radical (unpaired) electrons. The molecular formula is C38H74N4O6S2. The molecule has 0 aliphatic heterocycles.